The van der Waals surface area contributed by atoms with Crippen molar-refractivity contribution in [3.63, 3.8) is 0 Å². The number of piperidine rings is 1. The van der Waals surface area contributed by atoms with Crippen molar-refractivity contribution in [2.24, 2.45) is 5.92 Å². The van der Waals surface area contributed by atoms with Crippen LogP contribution in [0.5, 0.6) is 5.75 Å². The van der Waals surface area contributed by atoms with Gasteiger partial charge in [-0.1, -0.05) is 61.7 Å². The predicted molar refractivity (Wildman–Crippen MR) is 152 cm³/mol. The number of fused-ring (bicyclic) bond motifs is 1. The van der Waals surface area contributed by atoms with E-state index in [0.717, 1.165) is 70.1 Å². The number of ether oxygens (including phenoxy) is 1. The number of carbonyl (C=O) groups excluding carboxylic acids is 3. The molecule has 3 unspecified atom stereocenters. The fourth-order valence-electron chi connectivity index (χ4n) is 7.02. The second-order valence-corrected chi connectivity index (χ2v) is 11.8. The smallest absolute Gasteiger partial charge is 0.261 e. The van der Waals surface area contributed by atoms with Gasteiger partial charge in [0.15, 0.2) is 6.10 Å². The SMILES string of the molecule is COc1cccc(C2C3C(=O)N(C4CCCCC4)C(=O)C3ON2CC(=O)NC2CCN(Cc3ccccc3)CC2)c1. The van der Waals surface area contributed by atoms with Crippen LogP contribution in [-0.2, 0) is 25.8 Å². The van der Waals surface area contributed by atoms with Crippen LogP contribution in [-0.4, -0.2) is 77.5 Å². The summed E-state index contributed by atoms with van der Waals surface area (Å²) in [6, 6.07) is 17.4. The molecule has 1 N–H and O–H groups in total. The first-order valence-corrected chi connectivity index (χ1v) is 15.0. The zero-order chi connectivity index (χ0) is 28.3. The molecule has 6 rings (SSSR count). The molecule has 0 spiro atoms. The maximum absolute atomic E-state index is 13.8. The van der Waals surface area contributed by atoms with E-state index < -0.39 is 18.1 Å². The molecular weight excluding hydrogens is 520 g/mol. The summed E-state index contributed by atoms with van der Waals surface area (Å²) in [5, 5.41) is 4.73. The number of hydroxylamine groups is 2. The van der Waals surface area contributed by atoms with Crippen LogP contribution in [0.3, 0.4) is 0 Å². The number of hydrogen-bond donors (Lipinski definition) is 1. The Morgan fingerprint density at radius 1 is 0.951 bits per heavy atom. The molecule has 3 aliphatic heterocycles. The highest BCUT2D eigenvalue weighted by Gasteiger charge is 2.61. The summed E-state index contributed by atoms with van der Waals surface area (Å²) in [6.45, 7) is 2.68. The molecule has 2 aromatic rings. The molecule has 3 heterocycles. The van der Waals surface area contributed by atoms with Crippen molar-refractivity contribution in [1.82, 2.24) is 20.2 Å². The molecule has 1 saturated carbocycles. The fraction of sp³-hybridized carbons (Fsp3) is 0.531. The lowest BCUT2D eigenvalue weighted by molar-refractivity contribution is -0.184. The predicted octanol–water partition coefficient (Wildman–Crippen LogP) is 3.45. The molecule has 218 valence electrons. The number of likely N-dealkylation sites (tertiary alicyclic amines) is 2. The summed E-state index contributed by atoms with van der Waals surface area (Å²) < 4.78 is 5.45. The Morgan fingerprint density at radius 2 is 1.71 bits per heavy atom. The zero-order valence-electron chi connectivity index (χ0n) is 23.7. The largest absolute Gasteiger partial charge is 0.497 e. The quantitative estimate of drug-likeness (QED) is 0.495. The van der Waals surface area contributed by atoms with Gasteiger partial charge in [0.05, 0.1) is 19.1 Å². The molecule has 0 radical (unpaired) electrons. The number of nitrogens with zero attached hydrogens (tertiary/aromatic N) is 3. The van der Waals surface area contributed by atoms with Gasteiger partial charge in [-0.25, -0.2) is 0 Å². The molecule has 0 aromatic heterocycles. The molecule has 3 saturated heterocycles. The Hall–Kier alpha value is -3.27. The number of imide groups is 1. The van der Waals surface area contributed by atoms with Gasteiger partial charge in [-0.3, -0.25) is 29.0 Å². The fourth-order valence-corrected chi connectivity index (χ4v) is 7.02. The molecule has 0 bridgehead atoms. The topological polar surface area (TPSA) is 91.4 Å². The molecule has 3 atom stereocenters. The first-order chi connectivity index (χ1) is 20.0. The van der Waals surface area contributed by atoms with Crippen LogP contribution >= 0.6 is 0 Å². The monoisotopic (exact) mass is 560 g/mol. The third-order valence-corrected chi connectivity index (χ3v) is 9.11. The summed E-state index contributed by atoms with van der Waals surface area (Å²) in [7, 11) is 1.60. The normalized spacial score (nSPS) is 26.4. The number of carbonyl (C=O) groups is 3. The van der Waals surface area contributed by atoms with Gasteiger partial charge in [-0.05, 0) is 48.9 Å². The lowest BCUT2D eigenvalue weighted by atomic mass is 9.90. The lowest BCUT2D eigenvalue weighted by Gasteiger charge is -2.34. The lowest BCUT2D eigenvalue weighted by Crippen LogP contribution is -2.48. The van der Waals surface area contributed by atoms with Gasteiger partial charge in [0.2, 0.25) is 11.8 Å². The van der Waals surface area contributed by atoms with Crippen LogP contribution < -0.4 is 10.1 Å². The average molecular weight is 561 g/mol. The first kappa shape index (κ1) is 27.9. The van der Waals surface area contributed by atoms with Crippen LogP contribution in [0.4, 0.5) is 0 Å². The van der Waals surface area contributed by atoms with Crippen molar-refractivity contribution in [3.05, 3.63) is 65.7 Å². The van der Waals surface area contributed by atoms with Crippen molar-refractivity contribution in [2.75, 3.05) is 26.7 Å². The van der Waals surface area contributed by atoms with E-state index in [4.69, 9.17) is 9.57 Å². The number of methoxy groups -OCH3 is 1. The number of rotatable bonds is 8. The van der Waals surface area contributed by atoms with Gasteiger partial charge in [0.25, 0.3) is 5.91 Å². The minimum absolute atomic E-state index is 0.0525. The number of nitrogens with one attached hydrogen (secondary N) is 1. The zero-order valence-corrected chi connectivity index (χ0v) is 23.7. The van der Waals surface area contributed by atoms with E-state index in [9.17, 15) is 14.4 Å². The second-order valence-electron chi connectivity index (χ2n) is 11.8. The van der Waals surface area contributed by atoms with Crippen molar-refractivity contribution in [1.29, 1.82) is 0 Å². The summed E-state index contributed by atoms with van der Waals surface area (Å²) in [4.78, 5) is 50.7. The van der Waals surface area contributed by atoms with E-state index in [0.29, 0.717) is 5.75 Å². The summed E-state index contributed by atoms with van der Waals surface area (Å²) in [6.07, 6.45) is 5.71. The molecule has 3 amide bonds. The van der Waals surface area contributed by atoms with E-state index in [-0.39, 0.29) is 36.3 Å². The minimum atomic E-state index is -0.908. The van der Waals surface area contributed by atoms with E-state index in [1.165, 1.54) is 10.5 Å². The second kappa shape index (κ2) is 12.3. The Morgan fingerprint density at radius 3 is 2.44 bits per heavy atom. The summed E-state index contributed by atoms with van der Waals surface area (Å²) >= 11 is 0. The Bertz CT molecular complexity index is 1240. The Kier molecular flexibility index (Phi) is 8.37. The van der Waals surface area contributed by atoms with Gasteiger partial charge in [0.1, 0.15) is 12.3 Å². The van der Waals surface area contributed by atoms with Gasteiger partial charge in [-0.2, -0.15) is 5.06 Å². The van der Waals surface area contributed by atoms with Gasteiger partial charge >= 0.3 is 0 Å². The summed E-state index contributed by atoms with van der Waals surface area (Å²) in [5.41, 5.74) is 2.09. The van der Waals surface area contributed by atoms with Crippen molar-refractivity contribution in [2.45, 2.75) is 75.7 Å². The van der Waals surface area contributed by atoms with Gasteiger partial charge in [0, 0.05) is 31.7 Å². The van der Waals surface area contributed by atoms with Crippen molar-refractivity contribution < 1.29 is 24.0 Å². The van der Waals surface area contributed by atoms with Gasteiger partial charge < -0.3 is 10.1 Å². The maximum Gasteiger partial charge on any atom is 0.261 e. The molecule has 9 heteroatoms. The van der Waals surface area contributed by atoms with Crippen molar-refractivity contribution >= 4 is 17.7 Å². The van der Waals surface area contributed by atoms with Crippen LogP contribution in [0.1, 0.15) is 62.1 Å². The maximum atomic E-state index is 13.8. The number of amides is 3. The van der Waals surface area contributed by atoms with E-state index >= 15 is 0 Å². The standard InChI is InChI=1S/C32H40N4O5/c1-40-26-14-8-11-23(19-26)29-28-30(32(39)36(31(28)38)25-12-6-3-7-13-25)41-35(29)21-27(37)33-24-15-17-34(18-16-24)20-22-9-4-2-5-10-22/h2,4-5,8-11,14,19,24-25,28-30H,3,6-7,12-13,15-18,20-21H2,1H3,(H,33,37). The Balaban J connectivity index is 1.13. The van der Waals surface area contributed by atoms with E-state index in [1.807, 2.05) is 30.3 Å². The molecule has 2 aromatic carbocycles. The third-order valence-electron chi connectivity index (χ3n) is 9.11. The molecular formula is C32H40N4O5. The van der Waals surface area contributed by atoms with Crippen LogP contribution in [0.2, 0.25) is 0 Å². The Labute approximate surface area is 241 Å². The van der Waals surface area contributed by atoms with E-state index in [1.54, 1.807) is 12.2 Å². The van der Waals surface area contributed by atoms with Crippen LogP contribution in [0, 0.1) is 5.92 Å². The average Bonchev–Trinajstić information content (AvgIpc) is 3.48. The molecule has 4 aliphatic rings. The molecule has 4 fully saturated rings. The van der Waals surface area contributed by atoms with Crippen LogP contribution in [0.25, 0.3) is 0 Å². The van der Waals surface area contributed by atoms with E-state index in [2.05, 4.69) is 34.5 Å². The number of hydrogen-bond acceptors (Lipinski definition) is 7. The number of benzene rings is 2. The molecule has 41 heavy (non-hydrogen) atoms. The van der Waals surface area contributed by atoms with Crippen molar-refractivity contribution in [3.8, 4) is 5.75 Å². The highest BCUT2D eigenvalue weighted by atomic mass is 16.7. The minimum Gasteiger partial charge on any atom is -0.497 e. The highest BCUT2D eigenvalue weighted by Crippen LogP contribution is 2.46. The third kappa shape index (κ3) is 5.89. The first-order valence-electron chi connectivity index (χ1n) is 15.0. The molecule has 9 nitrogen and oxygen atoms in total. The summed E-state index contributed by atoms with van der Waals surface area (Å²) in [5.74, 6) is -0.658. The molecule has 1 aliphatic carbocycles. The van der Waals surface area contributed by atoms with Crippen LogP contribution in [0.15, 0.2) is 54.6 Å². The van der Waals surface area contributed by atoms with Gasteiger partial charge in [-0.15, -0.1) is 0 Å². The highest BCUT2D eigenvalue weighted by molar-refractivity contribution is 6.07.